The largest absolute Gasteiger partial charge is 0.495 e. The third-order valence-electron chi connectivity index (χ3n) is 2.68. The van der Waals surface area contributed by atoms with Crippen LogP contribution in [0.2, 0.25) is 5.02 Å². The third-order valence-corrected chi connectivity index (χ3v) is 2.98. The van der Waals surface area contributed by atoms with Gasteiger partial charge in [-0.05, 0) is 32.0 Å². The number of rotatable bonds is 10. The molecule has 0 aliphatic heterocycles. The zero-order valence-electron chi connectivity index (χ0n) is 12.8. The Hall–Kier alpha value is -1.01. The van der Waals surface area contributed by atoms with Crippen molar-refractivity contribution in [3.8, 4) is 5.75 Å². The summed E-state index contributed by atoms with van der Waals surface area (Å²) >= 11 is 6.02. The Kier molecular flexibility index (Phi) is 8.45. The molecule has 2 N–H and O–H groups in total. The lowest BCUT2D eigenvalue weighted by Gasteiger charge is -2.14. The average Bonchev–Trinajstić information content (AvgIpc) is 2.44. The van der Waals surface area contributed by atoms with E-state index >= 15 is 0 Å². The summed E-state index contributed by atoms with van der Waals surface area (Å²) in [7, 11) is 1.57. The number of hydrogen-bond acceptors (Lipinski definition) is 5. The molecule has 0 saturated heterocycles. The average molecular weight is 318 g/mol. The fraction of sp³-hybridized carbons (Fsp3) is 0.600. The van der Waals surface area contributed by atoms with E-state index in [1.54, 1.807) is 19.2 Å². The Bertz CT molecular complexity index is 415. The van der Waals surface area contributed by atoms with Gasteiger partial charge in [0.25, 0.3) is 0 Å². The predicted octanol–water partition coefficient (Wildman–Crippen LogP) is 2.56. The molecule has 0 spiro atoms. The molecule has 0 aromatic heterocycles. The molecule has 1 rings (SSSR count). The highest BCUT2D eigenvalue weighted by molar-refractivity contribution is 6.32. The van der Waals surface area contributed by atoms with Crippen LogP contribution in [0.1, 0.15) is 13.8 Å². The molecule has 0 amide bonds. The van der Waals surface area contributed by atoms with Gasteiger partial charge in [0, 0.05) is 12.2 Å². The van der Waals surface area contributed by atoms with Gasteiger partial charge < -0.3 is 24.6 Å². The second kappa shape index (κ2) is 9.84. The van der Waals surface area contributed by atoms with E-state index in [2.05, 4.69) is 5.32 Å². The number of halogens is 1. The van der Waals surface area contributed by atoms with Crippen LogP contribution in [-0.2, 0) is 9.47 Å². The molecule has 0 radical (unpaired) electrons. The fourth-order valence-electron chi connectivity index (χ4n) is 1.63. The van der Waals surface area contributed by atoms with Crippen molar-refractivity contribution in [1.82, 2.24) is 0 Å². The summed E-state index contributed by atoms with van der Waals surface area (Å²) in [6.45, 7) is 5.60. The lowest BCUT2D eigenvalue weighted by molar-refractivity contribution is -0.00734. The number of methoxy groups -OCH3 is 1. The maximum atomic E-state index is 9.80. The van der Waals surface area contributed by atoms with Crippen molar-refractivity contribution in [3.63, 3.8) is 0 Å². The minimum atomic E-state index is -0.593. The summed E-state index contributed by atoms with van der Waals surface area (Å²) in [5, 5.41) is 13.4. The van der Waals surface area contributed by atoms with Gasteiger partial charge in [0.05, 0.1) is 44.2 Å². The van der Waals surface area contributed by atoms with Crippen molar-refractivity contribution in [1.29, 1.82) is 0 Å². The summed E-state index contributed by atoms with van der Waals surface area (Å²) in [4.78, 5) is 0. The lowest BCUT2D eigenvalue weighted by atomic mass is 10.3. The molecule has 5 nitrogen and oxygen atoms in total. The van der Waals surface area contributed by atoms with Gasteiger partial charge in [-0.15, -0.1) is 0 Å². The Morgan fingerprint density at radius 3 is 2.67 bits per heavy atom. The van der Waals surface area contributed by atoms with E-state index in [1.807, 2.05) is 19.9 Å². The number of nitrogens with one attached hydrogen (secondary N) is 1. The summed E-state index contributed by atoms with van der Waals surface area (Å²) in [5.74, 6) is 0.622. The highest BCUT2D eigenvalue weighted by Gasteiger charge is 2.06. The lowest BCUT2D eigenvalue weighted by Crippen LogP contribution is -2.25. The van der Waals surface area contributed by atoms with Crippen LogP contribution in [0.3, 0.4) is 0 Å². The summed E-state index contributed by atoms with van der Waals surface area (Å²) in [5.41, 5.74) is 0.822. The summed E-state index contributed by atoms with van der Waals surface area (Å²) in [6, 6.07) is 5.37. The molecule has 0 heterocycles. The first-order chi connectivity index (χ1) is 10.0. The van der Waals surface area contributed by atoms with Gasteiger partial charge in [0.15, 0.2) is 0 Å². The number of ether oxygens (including phenoxy) is 3. The van der Waals surface area contributed by atoms with Crippen LogP contribution in [-0.4, -0.2) is 50.8 Å². The van der Waals surface area contributed by atoms with Crippen LogP contribution in [0, 0.1) is 0 Å². The van der Waals surface area contributed by atoms with E-state index in [0.29, 0.717) is 30.5 Å². The molecular weight excluding hydrogens is 294 g/mol. The van der Waals surface area contributed by atoms with Gasteiger partial charge in [-0.1, -0.05) is 11.6 Å². The van der Waals surface area contributed by atoms with Gasteiger partial charge in [-0.25, -0.2) is 0 Å². The van der Waals surface area contributed by atoms with E-state index in [1.165, 1.54) is 0 Å². The smallest absolute Gasteiger partial charge is 0.137 e. The fourth-order valence-corrected chi connectivity index (χ4v) is 1.89. The van der Waals surface area contributed by atoms with Crippen molar-refractivity contribution in [3.05, 3.63) is 23.2 Å². The molecule has 6 heteroatoms. The first-order valence-corrected chi connectivity index (χ1v) is 7.35. The molecule has 21 heavy (non-hydrogen) atoms. The Morgan fingerprint density at radius 2 is 2.05 bits per heavy atom. The standard InChI is InChI=1S/C15H24ClNO4/c1-11(2)21-7-6-20-10-13(18)9-17-12-4-5-15(19-3)14(16)8-12/h4-5,8,11,13,17-18H,6-7,9-10H2,1-3H3. The van der Waals surface area contributed by atoms with Crippen molar-refractivity contribution in [2.45, 2.75) is 26.1 Å². The Morgan fingerprint density at radius 1 is 1.29 bits per heavy atom. The second-order valence-corrected chi connectivity index (χ2v) is 5.29. The van der Waals surface area contributed by atoms with Gasteiger partial charge in [-0.2, -0.15) is 0 Å². The molecule has 1 unspecified atom stereocenters. The van der Waals surface area contributed by atoms with Crippen molar-refractivity contribution in [2.24, 2.45) is 0 Å². The maximum absolute atomic E-state index is 9.80. The monoisotopic (exact) mass is 317 g/mol. The maximum Gasteiger partial charge on any atom is 0.137 e. The normalized spacial score (nSPS) is 12.5. The van der Waals surface area contributed by atoms with E-state index in [-0.39, 0.29) is 12.7 Å². The minimum absolute atomic E-state index is 0.194. The van der Waals surface area contributed by atoms with E-state index in [4.69, 9.17) is 25.8 Å². The zero-order valence-corrected chi connectivity index (χ0v) is 13.5. The summed E-state index contributed by atoms with van der Waals surface area (Å²) < 4.78 is 15.8. The topological polar surface area (TPSA) is 60.0 Å². The van der Waals surface area contributed by atoms with Gasteiger partial charge >= 0.3 is 0 Å². The molecule has 1 atom stereocenters. The molecule has 0 aliphatic rings. The van der Waals surface area contributed by atoms with Gasteiger partial charge in [0.1, 0.15) is 5.75 Å². The van der Waals surface area contributed by atoms with Crippen LogP contribution in [0.5, 0.6) is 5.75 Å². The van der Waals surface area contributed by atoms with Crippen LogP contribution in [0.15, 0.2) is 18.2 Å². The van der Waals surface area contributed by atoms with E-state index < -0.39 is 6.10 Å². The summed E-state index contributed by atoms with van der Waals surface area (Å²) in [6.07, 6.45) is -0.398. The van der Waals surface area contributed by atoms with E-state index in [9.17, 15) is 5.11 Å². The molecule has 0 saturated carbocycles. The molecular formula is C15H24ClNO4. The Balaban J connectivity index is 2.20. The first-order valence-electron chi connectivity index (χ1n) is 6.97. The quantitative estimate of drug-likeness (QED) is 0.649. The van der Waals surface area contributed by atoms with Crippen LogP contribution >= 0.6 is 11.6 Å². The highest BCUT2D eigenvalue weighted by atomic mass is 35.5. The molecule has 0 aliphatic carbocycles. The molecule has 1 aromatic carbocycles. The first kappa shape index (κ1) is 18.0. The predicted molar refractivity (Wildman–Crippen MR) is 84.4 cm³/mol. The zero-order chi connectivity index (χ0) is 15.7. The van der Waals surface area contributed by atoms with Crippen LogP contribution in [0.4, 0.5) is 5.69 Å². The van der Waals surface area contributed by atoms with Gasteiger partial charge in [0.2, 0.25) is 0 Å². The molecule has 0 bridgehead atoms. The number of benzene rings is 1. The van der Waals surface area contributed by atoms with E-state index in [0.717, 1.165) is 5.69 Å². The number of aliphatic hydroxyl groups excluding tert-OH is 1. The number of hydrogen-bond donors (Lipinski definition) is 2. The minimum Gasteiger partial charge on any atom is -0.495 e. The van der Waals surface area contributed by atoms with Crippen molar-refractivity contribution >= 4 is 17.3 Å². The Labute approximate surface area is 131 Å². The van der Waals surface area contributed by atoms with Crippen LogP contribution in [0.25, 0.3) is 0 Å². The van der Waals surface area contributed by atoms with Crippen LogP contribution < -0.4 is 10.1 Å². The SMILES string of the molecule is COc1ccc(NCC(O)COCCOC(C)C)cc1Cl. The molecule has 1 aromatic rings. The highest BCUT2D eigenvalue weighted by Crippen LogP contribution is 2.27. The number of aliphatic hydroxyl groups is 1. The van der Waals surface area contributed by atoms with Gasteiger partial charge in [-0.3, -0.25) is 0 Å². The molecule has 0 fully saturated rings. The third kappa shape index (κ3) is 7.52. The van der Waals surface area contributed by atoms with Crippen molar-refractivity contribution < 1.29 is 19.3 Å². The molecule has 120 valence electrons. The van der Waals surface area contributed by atoms with Crippen molar-refractivity contribution in [2.75, 3.05) is 38.8 Å². The second-order valence-electron chi connectivity index (χ2n) is 4.88. The number of anilines is 1.